The highest BCUT2D eigenvalue weighted by atomic mass is 35.5. The van der Waals surface area contributed by atoms with Crippen LogP contribution < -0.4 is 5.73 Å². The second-order valence-electron chi connectivity index (χ2n) is 7.69. The van der Waals surface area contributed by atoms with E-state index in [2.05, 4.69) is 18.0 Å². The predicted octanol–water partition coefficient (Wildman–Crippen LogP) is 5.41. The van der Waals surface area contributed by atoms with E-state index >= 15 is 0 Å². The van der Waals surface area contributed by atoms with Crippen LogP contribution in [0, 0.1) is 5.92 Å². The fraction of sp³-hybridized carbons (Fsp3) is 0.409. The maximum Gasteiger partial charge on any atom is 0.306 e. The number of carboxylic acid groups (broad SMARTS) is 1. The summed E-state index contributed by atoms with van der Waals surface area (Å²) in [5.41, 5.74) is 10.3. The van der Waals surface area contributed by atoms with Gasteiger partial charge >= 0.3 is 5.97 Å². The van der Waals surface area contributed by atoms with Crippen LogP contribution in [0.15, 0.2) is 36.4 Å². The highest BCUT2D eigenvalue weighted by Gasteiger charge is 2.27. The summed E-state index contributed by atoms with van der Waals surface area (Å²) in [5, 5.41) is 9.84. The molecule has 4 rings (SSSR count). The van der Waals surface area contributed by atoms with Crippen LogP contribution >= 0.6 is 23.2 Å². The number of hydrogen-bond acceptors (Lipinski definition) is 3. The third-order valence-electron chi connectivity index (χ3n) is 5.51. The van der Waals surface area contributed by atoms with E-state index in [0.29, 0.717) is 5.02 Å². The van der Waals surface area contributed by atoms with Gasteiger partial charge in [-0.1, -0.05) is 48.2 Å². The maximum atomic E-state index is 10.2. The quantitative estimate of drug-likeness (QED) is 0.636. The van der Waals surface area contributed by atoms with Crippen LogP contribution in [-0.2, 0) is 11.3 Å². The first-order chi connectivity index (χ1) is 13.3. The molecule has 3 N–H and O–H groups in total. The molecule has 1 atom stereocenters. The van der Waals surface area contributed by atoms with Crippen molar-refractivity contribution in [2.45, 2.75) is 38.1 Å². The normalized spacial score (nSPS) is 19.6. The summed E-state index contributed by atoms with van der Waals surface area (Å²) in [5.74, 6) is -0.374. The second kappa shape index (κ2) is 9.17. The Morgan fingerprint density at radius 3 is 2.50 bits per heavy atom. The molecule has 2 aromatic rings. The smallest absolute Gasteiger partial charge is 0.306 e. The molecule has 2 aliphatic rings. The van der Waals surface area contributed by atoms with Crippen LogP contribution in [0.3, 0.4) is 0 Å². The largest absolute Gasteiger partial charge is 0.481 e. The Morgan fingerprint density at radius 1 is 1.18 bits per heavy atom. The molecule has 0 amide bonds. The first-order valence-corrected chi connectivity index (χ1v) is 10.4. The Hall–Kier alpha value is -1.75. The minimum atomic E-state index is -0.609. The van der Waals surface area contributed by atoms with Crippen LogP contribution in [0.5, 0.6) is 0 Å². The molecule has 1 heterocycles. The molecule has 2 aromatic carbocycles. The first kappa shape index (κ1) is 21.0. The molecule has 0 saturated heterocycles. The number of likely N-dealkylation sites (N-methyl/N-ethyl adjacent to an activating group) is 1. The van der Waals surface area contributed by atoms with Gasteiger partial charge in [0.2, 0.25) is 0 Å². The van der Waals surface area contributed by atoms with Gasteiger partial charge in [0.1, 0.15) is 0 Å². The van der Waals surface area contributed by atoms with Crippen LogP contribution in [0.2, 0.25) is 10.0 Å². The lowest BCUT2D eigenvalue weighted by Crippen LogP contribution is -2.31. The summed E-state index contributed by atoms with van der Waals surface area (Å²) in [6.45, 7) is 1.79. The summed E-state index contributed by atoms with van der Waals surface area (Å²) in [6.07, 6.45) is 4.01. The van der Waals surface area contributed by atoms with Crippen LogP contribution in [0.1, 0.15) is 48.3 Å². The molecule has 4 nitrogen and oxygen atoms in total. The number of benzene rings is 2. The molecule has 1 saturated carbocycles. The molecule has 0 aromatic heterocycles. The lowest BCUT2D eigenvalue weighted by Gasteiger charge is -2.33. The SMILES string of the molecule is CN1Cc2c(Cl)cc(Cl)cc2C(c2cccc(N)c2)C1.O=C(O)C1CCCC1. The van der Waals surface area contributed by atoms with Crippen molar-refractivity contribution in [1.82, 2.24) is 4.90 Å². The monoisotopic (exact) mass is 420 g/mol. The van der Waals surface area contributed by atoms with E-state index in [9.17, 15) is 4.79 Å². The van der Waals surface area contributed by atoms with Crippen molar-refractivity contribution >= 4 is 34.9 Å². The highest BCUT2D eigenvalue weighted by Crippen LogP contribution is 2.38. The molecule has 1 aliphatic carbocycles. The Kier molecular flexibility index (Phi) is 6.86. The number of fused-ring (bicyclic) bond motifs is 1. The van der Waals surface area contributed by atoms with Gasteiger partial charge in [-0.15, -0.1) is 0 Å². The maximum absolute atomic E-state index is 10.2. The number of anilines is 1. The molecule has 150 valence electrons. The number of nitrogen functional groups attached to an aromatic ring is 1. The number of halogens is 2. The molecule has 1 aliphatic heterocycles. The Labute approximate surface area is 176 Å². The van der Waals surface area contributed by atoms with Gasteiger partial charge in [0.15, 0.2) is 0 Å². The lowest BCUT2D eigenvalue weighted by molar-refractivity contribution is -0.141. The minimum absolute atomic E-state index is 0.0185. The molecule has 0 bridgehead atoms. The minimum Gasteiger partial charge on any atom is -0.481 e. The number of nitrogens with two attached hydrogens (primary N) is 1. The fourth-order valence-electron chi connectivity index (χ4n) is 4.08. The fourth-order valence-corrected chi connectivity index (χ4v) is 4.65. The molecule has 28 heavy (non-hydrogen) atoms. The van der Waals surface area contributed by atoms with Crippen molar-refractivity contribution in [2.75, 3.05) is 19.3 Å². The zero-order valence-electron chi connectivity index (χ0n) is 16.0. The molecular formula is C22H26Cl2N2O2. The van der Waals surface area contributed by atoms with Gasteiger partial charge in [-0.05, 0) is 60.8 Å². The van der Waals surface area contributed by atoms with Gasteiger partial charge in [-0.3, -0.25) is 4.79 Å². The third-order valence-corrected chi connectivity index (χ3v) is 6.07. The summed E-state index contributed by atoms with van der Waals surface area (Å²) >= 11 is 12.5. The average molecular weight is 421 g/mol. The number of rotatable bonds is 2. The number of nitrogens with zero attached hydrogens (tertiary/aromatic N) is 1. The Morgan fingerprint density at radius 2 is 1.89 bits per heavy atom. The van der Waals surface area contributed by atoms with Gasteiger partial charge in [-0.2, -0.15) is 0 Å². The van der Waals surface area contributed by atoms with Crippen molar-refractivity contribution in [3.8, 4) is 0 Å². The van der Waals surface area contributed by atoms with Gasteiger partial charge in [0.05, 0.1) is 5.92 Å². The van der Waals surface area contributed by atoms with E-state index in [-0.39, 0.29) is 11.8 Å². The van der Waals surface area contributed by atoms with Crippen molar-refractivity contribution in [3.63, 3.8) is 0 Å². The number of hydrogen-bond donors (Lipinski definition) is 2. The number of carboxylic acids is 1. The third kappa shape index (κ3) is 4.99. The Bertz CT molecular complexity index is 850. The molecule has 1 fully saturated rings. The van der Waals surface area contributed by atoms with Crippen molar-refractivity contribution in [2.24, 2.45) is 5.92 Å². The molecule has 6 heteroatoms. The van der Waals surface area contributed by atoms with E-state index in [0.717, 1.165) is 55.0 Å². The average Bonchev–Trinajstić information content (AvgIpc) is 3.17. The van der Waals surface area contributed by atoms with E-state index in [4.69, 9.17) is 34.0 Å². The van der Waals surface area contributed by atoms with Gasteiger partial charge in [0, 0.05) is 34.7 Å². The van der Waals surface area contributed by atoms with Crippen LogP contribution in [0.25, 0.3) is 0 Å². The summed E-state index contributed by atoms with van der Waals surface area (Å²) in [4.78, 5) is 12.5. The number of aliphatic carboxylic acids is 1. The predicted molar refractivity (Wildman–Crippen MR) is 115 cm³/mol. The first-order valence-electron chi connectivity index (χ1n) is 9.59. The molecule has 0 spiro atoms. The summed E-state index contributed by atoms with van der Waals surface area (Å²) in [6, 6.07) is 11.9. The van der Waals surface area contributed by atoms with Crippen LogP contribution in [0.4, 0.5) is 5.69 Å². The van der Waals surface area contributed by atoms with E-state index in [1.54, 1.807) is 0 Å². The van der Waals surface area contributed by atoms with Crippen molar-refractivity contribution in [3.05, 3.63) is 63.1 Å². The Balaban J connectivity index is 0.000000236. The summed E-state index contributed by atoms with van der Waals surface area (Å²) < 4.78 is 0. The molecular weight excluding hydrogens is 395 g/mol. The highest BCUT2D eigenvalue weighted by molar-refractivity contribution is 6.35. The van der Waals surface area contributed by atoms with Crippen LogP contribution in [-0.4, -0.2) is 29.6 Å². The van der Waals surface area contributed by atoms with Crippen molar-refractivity contribution < 1.29 is 9.90 Å². The van der Waals surface area contributed by atoms with Gasteiger partial charge < -0.3 is 15.7 Å². The van der Waals surface area contributed by atoms with Gasteiger partial charge in [0.25, 0.3) is 0 Å². The zero-order chi connectivity index (χ0) is 20.3. The second-order valence-corrected chi connectivity index (χ2v) is 8.54. The molecule has 0 radical (unpaired) electrons. The lowest BCUT2D eigenvalue weighted by atomic mass is 9.84. The van der Waals surface area contributed by atoms with E-state index in [1.165, 1.54) is 11.1 Å². The molecule has 1 unspecified atom stereocenters. The van der Waals surface area contributed by atoms with Gasteiger partial charge in [-0.25, -0.2) is 0 Å². The van der Waals surface area contributed by atoms with E-state index < -0.39 is 5.97 Å². The topological polar surface area (TPSA) is 66.6 Å². The summed E-state index contributed by atoms with van der Waals surface area (Å²) in [7, 11) is 2.10. The van der Waals surface area contributed by atoms with Crippen molar-refractivity contribution in [1.29, 1.82) is 0 Å². The van der Waals surface area contributed by atoms with E-state index in [1.807, 2.05) is 30.3 Å². The standard InChI is InChI=1S/C16H16Cl2N2.C6H10O2/c1-20-8-14(10-3-2-4-12(19)5-10)13-6-11(17)7-16(18)15(13)9-20;7-6(8)5-3-1-2-4-5/h2-7,14H,8-9,19H2,1H3;5H,1-4H2,(H,7,8). The zero-order valence-corrected chi connectivity index (χ0v) is 17.5. The number of carbonyl (C=O) groups is 1.